The molecule has 1 unspecified atom stereocenters. The van der Waals surface area contributed by atoms with Crippen molar-refractivity contribution in [2.45, 2.75) is 19.4 Å². The van der Waals surface area contributed by atoms with Gasteiger partial charge in [-0.1, -0.05) is 6.92 Å². The molecule has 6 nitrogen and oxygen atoms in total. The highest BCUT2D eigenvalue weighted by atomic mass is 16.2. The Hall–Kier alpha value is -1.69. The Bertz CT molecular complexity index is 363. The van der Waals surface area contributed by atoms with Crippen LogP contribution in [0.4, 0.5) is 0 Å². The van der Waals surface area contributed by atoms with Gasteiger partial charge < -0.3 is 16.0 Å². The van der Waals surface area contributed by atoms with Crippen LogP contribution in [-0.4, -0.2) is 28.5 Å². The molecule has 1 aromatic rings. The fourth-order valence-corrected chi connectivity index (χ4v) is 1.05. The SMILES string of the molecule is CCC(CN)NC(=O)c1c[nH]c(=O)cn1. The maximum absolute atomic E-state index is 11.5. The van der Waals surface area contributed by atoms with Gasteiger partial charge in [0.1, 0.15) is 5.69 Å². The van der Waals surface area contributed by atoms with Crippen LogP contribution in [0.15, 0.2) is 17.2 Å². The van der Waals surface area contributed by atoms with Crippen molar-refractivity contribution in [1.29, 1.82) is 0 Å². The molecule has 0 radical (unpaired) electrons. The summed E-state index contributed by atoms with van der Waals surface area (Å²) in [6.07, 6.45) is 3.10. The van der Waals surface area contributed by atoms with Crippen LogP contribution in [0.1, 0.15) is 23.8 Å². The zero-order valence-corrected chi connectivity index (χ0v) is 8.49. The Morgan fingerprint density at radius 1 is 1.73 bits per heavy atom. The van der Waals surface area contributed by atoms with Crippen LogP contribution in [0.3, 0.4) is 0 Å². The maximum Gasteiger partial charge on any atom is 0.271 e. The molecule has 0 aromatic carbocycles. The zero-order chi connectivity index (χ0) is 11.3. The summed E-state index contributed by atoms with van der Waals surface area (Å²) in [5.74, 6) is -0.330. The largest absolute Gasteiger partial charge is 0.347 e. The molecule has 1 aromatic heterocycles. The Kier molecular flexibility index (Phi) is 3.99. The molecule has 0 spiro atoms. The minimum atomic E-state index is -0.336. The molecule has 0 aliphatic rings. The second-order valence-corrected chi connectivity index (χ2v) is 3.11. The summed E-state index contributed by atoms with van der Waals surface area (Å²) in [6.45, 7) is 2.31. The molecular weight excluding hydrogens is 196 g/mol. The first-order valence-corrected chi connectivity index (χ1v) is 4.73. The van der Waals surface area contributed by atoms with Crippen molar-refractivity contribution >= 4 is 5.91 Å². The standard InChI is InChI=1S/C9H14N4O2/c1-2-6(3-10)13-9(15)7-4-12-8(14)5-11-7/h4-6H,2-3,10H2,1H3,(H,12,14)(H,13,15). The van der Waals surface area contributed by atoms with E-state index in [9.17, 15) is 9.59 Å². The van der Waals surface area contributed by atoms with Gasteiger partial charge in [0.2, 0.25) is 0 Å². The second-order valence-electron chi connectivity index (χ2n) is 3.11. The van der Waals surface area contributed by atoms with Crippen molar-refractivity contribution in [2.24, 2.45) is 5.73 Å². The van der Waals surface area contributed by atoms with E-state index in [1.165, 1.54) is 6.20 Å². The molecular formula is C9H14N4O2. The van der Waals surface area contributed by atoms with E-state index >= 15 is 0 Å². The predicted octanol–water partition coefficient (Wildman–Crippen LogP) is -0.763. The summed E-state index contributed by atoms with van der Waals surface area (Å²) in [5, 5.41) is 2.70. The fourth-order valence-electron chi connectivity index (χ4n) is 1.05. The van der Waals surface area contributed by atoms with Gasteiger partial charge in [-0.3, -0.25) is 9.59 Å². The van der Waals surface area contributed by atoms with Crippen molar-refractivity contribution in [2.75, 3.05) is 6.54 Å². The van der Waals surface area contributed by atoms with Gasteiger partial charge in [-0.2, -0.15) is 0 Å². The van der Waals surface area contributed by atoms with Crippen LogP contribution in [0.25, 0.3) is 0 Å². The molecule has 4 N–H and O–H groups in total. The number of hydrogen-bond donors (Lipinski definition) is 3. The molecule has 0 saturated heterocycles. The lowest BCUT2D eigenvalue weighted by Crippen LogP contribution is -2.40. The molecule has 0 fully saturated rings. The Morgan fingerprint density at radius 3 is 2.93 bits per heavy atom. The van der Waals surface area contributed by atoms with Gasteiger partial charge in [0, 0.05) is 18.8 Å². The van der Waals surface area contributed by atoms with E-state index in [4.69, 9.17) is 5.73 Å². The van der Waals surface area contributed by atoms with Gasteiger partial charge in [-0.25, -0.2) is 4.98 Å². The van der Waals surface area contributed by atoms with E-state index in [1.807, 2.05) is 6.92 Å². The van der Waals surface area contributed by atoms with Crippen LogP contribution in [-0.2, 0) is 0 Å². The summed E-state index contributed by atoms with van der Waals surface area (Å²) in [4.78, 5) is 28.3. The topological polar surface area (TPSA) is 101 Å². The van der Waals surface area contributed by atoms with Crippen LogP contribution in [0, 0.1) is 0 Å². The molecule has 1 rings (SSSR count). The third-order valence-corrected chi connectivity index (χ3v) is 2.02. The summed E-state index contributed by atoms with van der Waals surface area (Å²) in [6, 6.07) is -0.0637. The first-order chi connectivity index (χ1) is 7.17. The normalized spacial score (nSPS) is 12.1. The van der Waals surface area contributed by atoms with Gasteiger partial charge in [0.05, 0.1) is 6.20 Å². The third kappa shape index (κ3) is 3.17. The predicted molar refractivity (Wildman–Crippen MR) is 55.5 cm³/mol. The smallest absolute Gasteiger partial charge is 0.271 e. The molecule has 1 heterocycles. The molecule has 15 heavy (non-hydrogen) atoms. The van der Waals surface area contributed by atoms with Crippen molar-refractivity contribution < 1.29 is 4.79 Å². The highest BCUT2D eigenvalue weighted by molar-refractivity contribution is 5.92. The van der Waals surface area contributed by atoms with E-state index in [-0.39, 0.29) is 23.2 Å². The quantitative estimate of drug-likeness (QED) is 0.607. The van der Waals surface area contributed by atoms with Crippen LogP contribution in [0.5, 0.6) is 0 Å². The highest BCUT2D eigenvalue weighted by Crippen LogP contribution is 1.92. The van der Waals surface area contributed by atoms with Gasteiger partial charge in [0.15, 0.2) is 0 Å². The second kappa shape index (κ2) is 5.26. The Morgan fingerprint density at radius 2 is 2.47 bits per heavy atom. The number of hydrogen-bond acceptors (Lipinski definition) is 4. The van der Waals surface area contributed by atoms with Gasteiger partial charge in [-0.15, -0.1) is 0 Å². The number of nitrogens with zero attached hydrogens (tertiary/aromatic N) is 1. The molecule has 6 heteroatoms. The summed E-state index contributed by atoms with van der Waals surface area (Å²) in [5.41, 5.74) is 5.29. The van der Waals surface area contributed by atoms with E-state index in [0.29, 0.717) is 6.54 Å². The third-order valence-electron chi connectivity index (χ3n) is 2.02. The van der Waals surface area contributed by atoms with Gasteiger partial charge in [-0.05, 0) is 6.42 Å². The number of aromatic nitrogens is 2. The van der Waals surface area contributed by atoms with Crippen LogP contribution >= 0.6 is 0 Å². The van der Waals surface area contributed by atoms with Crippen molar-refractivity contribution in [3.05, 3.63) is 28.4 Å². The average Bonchev–Trinajstić information content (AvgIpc) is 2.26. The number of aromatic amines is 1. The number of amides is 1. The molecule has 1 amide bonds. The summed E-state index contributed by atoms with van der Waals surface area (Å²) < 4.78 is 0. The molecule has 0 bridgehead atoms. The van der Waals surface area contributed by atoms with Crippen LogP contribution < -0.4 is 16.6 Å². The van der Waals surface area contributed by atoms with Crippen molar-refractivity contribution in [1.82, 2.24) is 15.3 Å². The van der Waals surface area contributed by atoms with E-state index in [1.54, 1.807) is 0 Å². The molecule has 0 saturated carbocycles. The number of nitrogens with two attached hydrogens (primary N) is 1. The van der Waals surface area contributed by atoms with Gasteiger partial charge in [0.25, 0.3) is 11.5 Å². The molecule has 1 atom stereocenters. The number of carbonyl (C=O) groups excluding carboxylic acids is 1. The number of carbonyl (C=O) groups is 1. The number of nitrogens with one attached hydrogen (secondary N) is 2. The Labute approximate surface area is 86.9 Å². The van der Waals surface area contributed by atoms with Gasteiger partial charge >= 0.3 is 0 Å². The molecule has 82 valence electrons. The molecule has 0 aliphatic heterocycles. The lowest BCUT2D eigenvalue weighted by molar-refractivity contribution is 0.0931. The maximum atomic E-state index is 11.5. The first kappa shape index (κ1) is 11.4. The van der Waals surface area contributed by atoms with Crippen molar-refractivity contribution in [3.8, 4) is 0 Å². The average molecular weight is 210 g/mol. The van der Waals surface area contributed by atoms with E-state index in [0.717, 1.165) is 12.6 Å². The van der Waals surface area contributed by atoms with Crippen LogP contribution in [0.2, 0.25) is 0 Å². The minimum Gasteiger partial charge on any atom is -0.347 e. The molecule has 0 aliphatic carbocycles. The number of rotatable bonds is 4. The first-order valence-electron chi connectivity index (χ1n) is 4.73. The minimum absolute atomic E-state index is 0.0637. The fraction of sp³-hybridized carbons (Fsp3) is 0.444. The van der Waals surface area contributed by atoms with E-state index in [2.05, 4.69) is 15.3 Å². The lowest BCUT2D eigenvalue weighted by atomic mass is 10.2. The zero-order valence-electron chi connectivity index (χ0n) is 8.49. The Balaban J connectivity index is 2.68. The van der Waals surface area contributed by atoms with E-state index < -0.39 is 0 Å². The number of H-pyrrole nitrogens is 1. The summed E-state index contributed by atoms with van der Waals surface area (Å²) in [7, 11) is 0. The van der Waals surface area contributed by atoms with Crippen molar-refractivity contribution in [3.63, 3.8) is 0 Å². The lowest BCUT2D eigenvalue weighted by Gasteiger charge is -2.13. The highest BCUT2D eigenvalue weighted by Gasteiger charge is 2.11. The summed E-state index contributed by atoms with van der Waals surface area (Å²) >= 11 is 0. The monoisotopic (exact) mass is 210 g/mol.